The van der Waals surface area contributed by atoms with E-state index in [2.05, 4.69) is 28.1 Å². The number of hydrogen-bond donors (Lipinski definition) is 0. The van der Waals surface area contributed by atoms with Gasteiger partial charge in [0.15, 0.2) is 0 Å². The van der Waals surface area contributed by atoms with Crippen molar-refractivity contribution in [1.82, 2.24) is 0 Å². The van der Waals surface area contributed by atoms with Gasteiger partial charge in [0, 0.05) is 5.33 Å². The Morgan fingerprint density at radius 1 is 0.950 bits per heavy atom. The fourth-order valence-corrected chi connectivity index (χ4v) is 2.69. The molecule has 0 aromatic heterocycles. The Bertz CT molecular complexity index is 522. The smallest absolute Gasteiger partial charge is 0.123 e. The van der Waals surface area contributed by atoms with E-state index in [4.69, 9.17) is 4.74 Å². The summed E-state index contributed by atoms with van der Waals surface area (Å²) in [6.45, 7) is 0. The third kappa shape index (κ3) is 4.34. The highest BCUT2D eigenvalue weighted by atomic mass is 79.9. The zero-order valence-electron chi connectivity index (χ0n) is 11.5. The largest absolute Gasteiger partial charge is 0.497 e. The number of rotatable bonds is 6. The van der Waals surface area contributed by atoms with E-state index in [0.717, 1.165) is 23.9 Å². The van der Waals surface area contributed by atoms with Gasteiger partial charge >= 0.3 is 0 Å². The second-order valence-corrected chi connectivity index (χ2v) is 5.55. The molecule has 0 saturated carbocycles. The minimum Gasteiger partial charge on any atom is -0.497 e. The molecule has 0 fully saturated rings. The van der Waals surface area contributed by atoms with E-state index in [1.165, 1.54) is 23.3 Å². The second-order valence-electron chi connectivity index (χ2n) is 4.90. The number of hydrogen-bond acceptors (Lipinski definition) is 1. The quantitative estimate of drug-likeness (QED) is 0.699. The molecular formula is C17H18BrFO. The van der Waals surface area contributed by atoms with Crippen LogP contribution in [0.25, 0.3) is 0 Å². The topological polar surface area (TPSA) is 9.23 Å². The SMILES string of the molecule is COc1ccc(CC(CBr)Cc2ccc(F)cc2)cc1. The Hall–Kier alpha value is -1.35. The summed E-state index contributed by atoms with van der Waals surface area (Å²) in [7, 11) is 1.67. The van der Waals surface area contributed by atoms with E-state index in [0.29, 0.717) is 5.92 Å². The van der Waals surface area contributed by atoms with Crippen molar-refractivity contribution in [2.24, 2.45) is 5.92 Å². The van der Waals surface area contributed by atoms with Gasteiger partial charge in [0.25, 0.3) is 0 Å². The normalized spacial score (nSPS) is 12.2. The van der Waals surface area contributed by atoms with Gasteiger partial charge < -0.3 is 4.74 Å². The number of halogens is 2. The Labute approximate surface area is 127 Å². The monoisotopic (exact) mass is 336 g/mol. The van der Waals surface area contributed by atoms with Gasteiger partial charge in [0.2, 0.25) is 0 Å². The summed E-state index contributed by atoms with van der Waals surface area (Å²) in [6.07, 6.45) is 1.93. The number of methoxy groups -OCH3 is 1. The van der Waals surface area contributed by atoms with Crippen LogP contribution in [0, 0.1) is 11.7 Å². The first-order chi connectivity index (χ1) is 9.71. The molecule has 0 bridgehead atoms. The summed E-state index contributed by atoms with van der Waals surface area (Å²) in [5.41, 5.74) is 2.46. The predicted octanol–water partition coefficient (Wildman–Crippen LogP) is 4.63. The van der Waals surface area contributed by atoms with E-state index < -0.39 is 0 Å². The van der Waals surface area contributed by atoms with E-state index in [1.807, 2.05) is 24.3 Å². The summed E-state index contributed by atoms with van der Waals surface area (Å²) >= 11 is 3.57. The molecule has 0 heterocycles. The van der Waals surface area contributed by atoms with Crippen molar-refractivity contribution in [3.8, 4) is 5.75 Å². The number of ether oxygens (including phenoxy) is 1. The lowest BCUT2D eigenvalue weighted by Gasteiger charge is -2.14. The minimum absolute atomic E-state index is 0.181. The highest BCUT2D eigenvalue weighted by Crippen LogP contribution is 2.19. The molecule has 2 aromatic carbocycles. The van der Waals surface area contributed by atoms with Gasteiger partial charge in [-0.05, 0) is 54.2 Å². The second kappa shape index (κ2) is 7.44. The molecule has 0 radical (unpaired) electrons. The third-order valence-electron chi connectivity index (χ3n) is 3.34. The lowest BCUT2D eigenvalue weighted by Crippen LogP contribution is -2.10. The van der Waals surface area contributed by atoms with E-state index >= 15 is 0 Å². The first-order valence-electron chi connectivity index (χ1n) is 6.64. The van der Waals surface area contributed by atoms with Gasteiger partial charge in [-0.3, -0.25) is 0 Å². The van der Waals surface area contributed by atoms with E-state index in [9.17, 15) is 4.39 Å². The standard InChI is InChI=1S/C17H18BrFO/c1-20-17-8-4-14(5-9-17)11-15(12-18)10-13-2-6-16(19)7-3-13/h2-9,15H,10-12H2,1H3. The van der Waals surface area contributed by atoms with Gasteiger partial charge in [0.05, 0.1) is 7.11 Å². The fraction of sp³-hybridized carbons (Fsp3) is 0.294. The van der Waals surface area contributed by atoms with Crippen molar-refractivity contribution in [3.63, 3.8) is 0 Å². The van der Waals surface area contributed by atoms with Crippen LogP contribution in [0.4, 0.5) is 4.39 Å². The highest BCUT2D eigenvalue weighted by molar-refractivity contribution is 9.09. The van der Waals surface area contributed by atoms with Crippen molar-refractivity contribution < 1.29 is 9.13 Å². The molecule has 2 rings (SSSR count). The minimum atomic E-state index is -0.181. The van der Waals surface area contributed by atoms with Crippen LogP contribution in [0.2, 0.25) is 0 Å². The average molecular weight is 337 g/mol. The summed E-state index contributed by atoms with van der Waals surface area (Å²) in [6, 6.07) is 14.9. The molecule has 3 heteroatoms. The number of benzene rings is 2. The van der Waals surface area contributed by atoms with Crippen LogP contribution >= 0.6 is 15.9 Å². The molecule has 0 spiro atoms. The maximum atomic E-state index is 12.9. The average Bonchev–Trinajstić information content (AvgIpc) is 2.49. The first-order valence-corrected chi connectivity index (χ1v) is 7.76. The van der Waals surface area contributed by atoms with Crippen LogP contribution in [0.1, 0.15) is 11.1 Å². The van der Waals surface area contributed by atoms with Gasteiger partial charge in [-0.2, -0.15) is 0 Å². The lowest BCUT2D eigenvalue weighted by molar-refractivity contribution is 0.414. The van der Waals surface area contributed by atoms with Crippen LogP contribution in [0.15, 0.2) is 48.5 Å². The van der Waals surface area contributed by atoms with Crippen LogP contribution in [0.3, 0.4) is 0 Å². The molecule has 0 aliphatic rings. The van der Waals surface area contributed by atoms with Crippen molar-refractivity contribution in [2.45, 2.75) is 12.8 Å². The van der Waals surface area contributed by atoms with E-state index in [-0.39, 0.29) is 5.82 Å². The molecule has 0 N–H and O–H groups in total. The van der Waals surface area contributed by atoms with Crippen LogP contribution in [-0.4, -0.2) is 12.4 Å². The van der Waals surface area contributed by atoms with E-state index in [1.54, 1.807) is 7.11 Å². The van der Waals surface area contributed by atoms with Crippen LogP contribution in [0.5, 0.6) is 5.75 Å². The molecule has 1 unspecified atom stereocenters. The molecular weight excluding hydrogens is 319 g/mol. The Kier molecular flexibility index (Phi) is 5.60. The predicted molar refractivity (Wildman–Crippen MR) is 84.1 cm³/mol. The maximum Gasteiger partial charge on any atom is 0.123 e. The summed E-state index contributed by atoms with van der Waals surface area (Å²) in [5.74, 6) is 1.19. The lowest BCUT2D eigenvalue weighted by atomic mass is 9.94. The molecule has 0 aliphatic heterocycles. The van der Waals surface area contributed by atoms with Crippen LogP contribution < -0.4 is 4.74 Å². The van der Waals surface area contributed by atoms with Crippen molar-refractivity contribution in [2.75, 3.05) is 12.4 Å². The molecule has 1 atom stereocenters. The molecule has 2 aromatic rings. The Balaban J connectivity index is 1.99. The van der Waals surface area contributed by atoms with Gasteiger partial charge in [0.1, 0.15) is 11.6 Å². The summed E-state index contributed by atoms with van der Waals surface area (Å²) in [5, 5.41) is 0.927. The van der Waals surface area contributed by atoms with Crippen molar-refractivity contribution in [3.05, 3.63) is 65.5 Å². The molecule has 106 valence electrons. The van der Waals surface area contributed by atoms with Gasteiger partial charge in [-0.15, -0.1) is 0 Å². The zero-order chi connectivity index (χ0) is 14.4. The summed E-state index contributed by atoms with van der Waals surface area (Å²) < 4.78 is 18.1. The van der Waals surface area contributed by atoms with Gasteiger partial charge in [-0.1, -0.05) is 40.2 Å². The van der Waals surface area contributed by atoms with Crippen molar-refractivity contribution in [1.29, 1.82) is 0 Å². The molecule has 0 saturated heterocycles. The first kappa shape index (κ1) is 15.0. The molecule has 1 nitrogen and oxygen atoms in total. The Morgan fingerprint density at radius 3 is 1.90 bits per heavy atom. The zero-order valence-corrected chi connectivity index (χ0v) is 13.1. The number of alkyl halides is 1. The highest BCUT2D eigenvalue weighted by Gasteiger charge is 2.10. The third-order valence-corrected chi connectivity index (χ3v) is 4.25. The molecule has 0 amide bonds. The van der Waals surface area contributed by atoms with Crippen LogP contribution in [-0.2, 0) is 12.8 Å². The van der Waals surface area contributed by atoms with Crippen molar-refractivity contribution >= 4 is 15.9 Å². The fourth-order valence-electron chi connectivity index (χ4n) is 2.23. The van der Waals surface area contributed by atoms with Gasteiger partial charge in [-0.25, -0.2) is 4.39 Å². The molecule has 20 heavy (non-hydrogen) atoms. The maximum absolute atomic E-state index is 12.9. The summed E-state index contributed by atoms with van der Waals surface area (Å²) in [4.78, 5) is 0. The molecule has 0 aliphatic carbocycles. The Morgan fingerprint density at radius 2 is 1.45 bits per heavy atom.